The Morgan fingerprint density at radius 1 is 1.18 bits per heavy atom. The second-order valence-corrected chi connectivity index (χ2v) is 4.79. The summed E-state index contributed by atoms with van der Waals surface area (Å²) in [5.41, 5.74) is 0. The van der Waals surface area contributed by atoms with Crippen LogP contribution in [0.25, 0.3) is 0 Å². The first-order chi connectivity index (χ1) is 8.24. The number of nitrogens with one attached hydrogen (secondary N) is 2. The van der Waals surface area contributed by atoms with Crippen LogP contribution in [-0.2, 0) is 14.3 Å². The minimum Gasteiger partial charge on any atom is -0.378 e. The number of carbonyl (C=O) groups is 2. The third kappa shape index (κ3) is 4.73. The fourth-order valence-corrected chi connectivity index (χ4v) is 1.94. The molecule has 17 heavy (non-hydrogen) atoms. The molecule has 1 saturated heterocycles. The second-order valence-electron chi connectivity index (χ2n) is 4.79. The summed E-state index contributed by atoms with van der Waals surface area (Å²) in [4.78, 5) is 22.8. The predicted molar refractivity (Wildman–Crippen MR) is 62.4 cm³/mol. The van der Waals surface area contributed by atoms with Crippen molar-refractivity contribution in [2.24, 2.45) is 0 Å². The molecule has 1 heterocycles. The van der Waals surface area contributed by atoms with E-state index < -0.39 is 0 Å². The molecule has 0 bridgehead atoms. The molecule has 2 N–H and O–H groups in total. The molecule has 1 aliphatic carbocycles. The van der Waals surface area contributed by atoms with Crippen molar-refractivity contribution in [2.45, 2.75) is 50.7 Å². The van der Waals surface area contributed by atoms with Gasteiger partial charge in [0.05, 0.1) is 12.6 Å². The Kier molecular flexibility index (Phi) is 4.36. The highest BCUT2D eigenvalue weighted by molar-refractivity contribution is 5.84. The molecule has 1 atom stereocenters. The molecule has 0 radical (unpaired) electrons. The van der Waals surface area contributed by atoms with E-state index in [1.54, 1.807) is 0 Å². The normalized spacial score (nSPS) is 23.4. The van der Waals surface area contributed by atoms with Gasteiger partial charge in [-0.3, -0.25) is 9.59 Å². The summed E-state index contributed by atoms with van der Waals surface area (Å²) >= 11 is 0. The fraction of sp³-hybridized carbons (Fsp3) is 0.833. The van der Waals surface area contributed by atoms with Crippen LogP contribution in [0.5, 0.6) is 0 Å². The van der Waals surface area contributed by atoms with Gasteiger partial charge in [-0.2, -0.15) is 0 Å². The molecule has 0 spiro atoms. The number of hydrogen-bond donors (Lipinski definition) is 2. The van der Waals surface area contributed by atoms with Gasteiger partial charge >= 0.3 is 0 Å². The quantitative estimate of drug-likeness (QED) is 0.703. The number of ether oxygens (including phenoxy) is 1. The lowest BCUT2D eigenvalue weighted by molar-refractivity contribution is -0.126. The SMILES string of the molecule is O=C(CCC1CCCO1)NCC(=O)NC1CC1. The molecule has 2 rings (SSSR count). The van der Waals surface area contributed by atoms with E-state index in [-0.39, 0.29) is 24.5 Å². The van der Waals surface area contributed by atoms with E-state index >= 15 is 0 Å². The Morgan fingerprint density at radius 2 is 2.00 bits per heavy atom. The largest absolute Gasteiger partial charge is 0.378 e. The molecule has 2 amide bonds. The van der Waals surface area contributed by atoms with Crippen molar-refractivity contribution in [3.63, 3.8) is 0 Å². The van der Waals surface area contributed by atoms with Crippen molar-refractivity contribution in [1.29, 1.82) is 0 Å². The van der Waals surface area contributed by atoms with E-state index in [9.17, 15) is 9.59 Å². The van der Waals surface area contributed by atoms with Gasteiger partial charge < -0.3 is 15.4 Å². The zero-order chi connectivity index (χ0) is 12.1. The molecule has 2 fully saturated rings. The molecule has 1 aliphatic heterocycles. The average Bonchev–Trinajstić information content (AvgIpc) is 2.96. The third-order valence-corrected chi connectivity index (χ3v) is 3.11. The summed E-state index contributed by atoms with van der Waals surface area (Å²) in [6.45, 7) is 0.914. The van der Waals surface area contributed by atoms with Crippen molar-refractivity contribution in [2.75, 3.05) is 13.2 Å². The Hall–Kier alpha value is -1.10. The summed E-state index contributed by atoms with van der Waals surface area (Å²) in [6.07, 6.45) is 5.72. The molecule has 96 valence electrons. The van der Waals surface area contributed by atoms with Crippen LogP contribution >= 0.6 is 0 Å². The van der Waals surface area contributed by atoms with Crippen LogP contribution in [-0.4, -0.2) is 37.1 Å². The molecular formula is C12H20N2O3. The molecule has 2 aliphatic rings. The van der Waals surface area contributed by atoms with E-state index in [1.807, 2.05) is 0 Å². The zero-order valence-electron chi connectivity index (χ0n) is 10.0. The Labute approximate surface area is 101 Å². The summed E-state index contributed by atoms with van der Waals surface area (Å²) in [7, 11) is 0. The van der Waals surface area contributed by atoms with Crippen LogP contribution < -0.4 is 10.6 Å². The highest BCUT2D eigenvalue weighted by atomic mass is 16.5. The maximum atomic E-state index is 11.5. The van der Waals surface area contributed by atoms with E-state index in [1.165, 1.54) is 0 Å². The number of amides is 2. The Balaban J connectivity index is 1.51. The average molecular weight is 240 g/mol. The van der Waals surface area contributed by atoms with E-state index in [2.05, 4.69) is 10.6 Å². The number of rotatable bonds is 6. The number of hydrogen-bond acceptors (Lipinski definition) is 3. The zero-order valence-corrected chi connectivity index (χ0v) is 10.0. The monoisotopic (exact) mass is 240 g/mol. The first-order valence-corrected chi connectivity index (χ1v) is 6.41. The van der Waals surface area contributed by atoms with Gasteiger partial charge in [-0.15, -0.1) is 0 Å². The van der Waals surface area contributed by atoms with Gasteiger partial charge in [0.15, 0.2) is 0 Å². The fourth-order valence-electron chi connectivity index (χ4n) is 1.94. The molecule has 0 aromatic rings. The molecular weight excluding hydrogens is 220 g/mol. The van der Waals surface area contributed by atoms with Crippen LogP contribution in [0.3, 0.4) is 0 Å². The highest BCUT2D eigenvalue weighted by Crippen LogP contribution is 2.18. The van der Waals surface area contributed by atoms with E-state index in [4.69, 9.17) is 4.74 Å². The van der Waals surface area contributed by atoms with Gasteiger partial charge in [0.25, 0.3) is 0 Å². The van der Waals surface area contributed by atoms with Crippen LogP contribution in [0.2, 0.25) is 0 Å². The van der Waals surface area contributed by atoms with Crippen LogP contribution in [0.1, 0.15) is 38.5 Å². The lowest BCUT2D eigenvalue weighted by Gasteiger charge is -2.09. The van der Waals surface area contributed by atoms with Gasteiger partial charge in [-0.1, -0.05) is 0 Å². The summed E-state index contributed by atoms with van der Waals surface area (Å²) in [6, 6.07) is 0.353. The Morgan fingerprint density at radius 3 is 2.65 bits per heavy atom. The topological polar surface area (TPSA) is 67.4 Å². The Bertz CT molecular complexity index is 283. The van der Waals surface area contributed by atoms with E-state index in [0.717, 1.165) is 38.7 Å². The van der Waals surface area contributed by atoms with Crippen LogP contribution in [0, 0.1) is 0 Å². The molecule has 1 unspecified atom stereocenters. The maximum Gasteiger partial charge on any atom is 0.239 e. The van der Waals surface area contributed by atoms with Crippen LogP contribution in [0.15, 0.2) is 0 Å². The molecule has 5 nitrogen and oxygen atoms in total. The van der Waals surface area contributed by atoms with Crippen molar-refractivity contribution in [3.8, 4) is 0 Å². The van der Waals surface area contributed by atoms with Gasteiger partial charge in [-0.25, -0.2) is 0 Å². The minimum atomic E-state index is -0.0852. The van der Waals surface area contributed by atoms with Crippen molar-refractivity contribution < 1.29 is 14.3 Å². The summed E-state index contributed by atoms with van der Waals surface area (Å²) in [5, 5.41) is 5.46. The van der Waals surface area contributed by atoms with Crippen molar-refractivity contribution >= 4 is 11.8 Å². The van der Waals surface area contributed by atoms with Crippen molar-refractivity contribution in [1.82, 2.24) is 10.6 Å². The lowest BCUT2D eigenvalue weighted by atomic mass is 10.1. The van der Waals surface area contributed by atoms with Gasteiger partial charge in [0, 0.05) is 19.1 Å². The minimum absolute atomic E-state index is 0.0635. The maximum absolute atomic E-state index is 11.5. The number of carbonyl (C=O) groups excluding carboxylic acids is 2. The van der Waals surface area contributed by atoms with Gasteiger partial charge in [0.1, 0.15) is 0 Å². The first-order valence-electron chi connectivity index (χ1n) is 6.41. The molecule has 1 saturated carbocycles. The first kappa shape index (κ1) is 12.4. The molecule has 0 aromatic heterocycles. The standard InChI is InChI=1S/C12H20N2O3/c15-11(6-5-10-2-1-7-17-10)13-8-12(16)14-9-3-4-9/h9-10H,1-8H2,(H,13,15)(H,14,16). The summed E-state index contributed by atoms with van der Waals surface area (Å²) in [5.74, 6) is -0.149. The van der Waals surface area contributed by atoms with Gasteiger partial charge in [-0.05, 0) is 32.1 Å². The van der Waals surface area contributed by atoms with Crippen molar-refractivity contribution in [3.05, 3.63) is 0 Å². The van der Waals surface area contributed by atoms with Gasteiger partial charge in [0.2, 0.25) is 11.8 Å². The third-order valence-electron chi connectivity index (χ3n) is 3.11. The second kappa shape index (κ2) is 6.00. The van der Waals surface area contributed by atoms with Crippen LogP contribution in [0.4, 0.5) is 0 Å². The predicted octanol–water partition coefficient (Wildman–Crippen LogP) is 0.340. The lowest BCUT2D eigenvalue weighted by Crippen LogP contribution is -2.37. The summed E-state index contributed by atoms with van der Waals surface area (Å²) < 4.78 is 5.43. The van der Waals surface area contributed by atoms with E-state index in [0.29, 0.717) is 12.5 Å². The molecule has 0 aromatic carbocycles. The highest BCUT2D eigenvalue weighted by Gasteiger charge is 2.23. The molecule has 5 heteroatoms. The smallest absolute Gasteiger partial charge is 0.239 e.